The van der Waals surface area contributed by atoms with Crippen LogP contribution in [0.3, 0.4) is 0 Å². The number of hydrogen-bond donors (Lipinski definition) is 0. The third-order valence-corrected chi connectivity index (χ3v) is 2.95. The fourth-order valence-corrected chi connectivity index (χ4v) is 2.14. The van der Waals surface area contributed by atoms with Crippen molar-refractivity contribution in [3.05, 3.63) is 31.7 Å². The van der Waals surface area contributed by atoms with Gasteiger partial charge in [0.15, 0.2) is 5.69 Å². The Hall–Kier alpha value is -2.78. The summed E-state index contributed by atoms with van der Waals surface area (Å²) in [6, 6.07) is 0. The lowest BCUT2D eigenvalue weighted by atomic mass is 10.2. The normalized spacial score (nSPS) is 10.8. The first-order chi connectivity index (χ1) is 9.88. The van der Waals surface area contributed by atoms with E-state index in [0.29, 0.717) is 13.0 Å². The van der Waals surface area contributed by atoms with Gasteiger partial charge in [0.25, 0.3) is 0 Å². The zero-order valence-corrected chi connectivity index (χ0v) is 11.7. The minimum atomic E-state index is -0.663. The Morgan fingerprint density at radius 3 is 2.33 bits per heavy atom. The monoisotopic (exact) mass is 295 g/mol. The summed E-state index contributed by atoms with van der Waals surface area (Å²) in [5.41, 5.74) is -0.658. The summed E-state index contributed by atoms with van der Waals surface area (Å²) in [5, 5.41) is 30.1. The molecule has 0 atom stereocenters. The Morgan fingerprint density at radius 1 is 1.19 bits per heavy atom. The van der Waals surface area contributed by atoms with E-state index in [0.717, 1.165) is 0 Å². The lowest BCUT2D eigenvalue weighted by Crippen LogP contribution is -2.04. The maximum Gasteiger partial charge on any atom is 0.341 e. The predicted molar refractivity (Wildman–Crippen MR) is 70.8 cm³/mol. The molecule has 0 aliphatic carbocycles. The molecule has 0 spiro atoms. The van der Waals surface area contributed by atoms with Crippen molar-refractivity contribution < 1.29 is 14.4 Å². The van der Waals surface area contributed by atoms with Crippen LogP contribution in [0.2, 0.25) is 0 Å². The van der Waals surface area contributed by atoms with E-state index in [9.17, 15) is 20.2 Å². The van der Waals surface area contributed by atoms with E-state index in [1.807, 2.05) is 6.92 Å². The molecule has 2 aromatic rings. The topological polar surface area (TPSA) is 130 Å². The van der Waals surface area contributed by atoms with Crippen molar-refractivity contribution >= 4 is 11.4 Å². The summed E-state index contributed by atoms with van der Waals surface area (Å²) >= 11 is 0. The van der Waals surface area contributed by atoms with Gasteiger partial charge in [-0.2, -0.15) is 5.10 Å². The van der Waals surface area contributed by atoms with Gasteiger partial charge in [0, 0.05) is 13.5 Å². The highest BCUT2D eigenvalue weighted by atomic mass is 16.6. The first kappa shape index (κ1) is 14.6. The van der Waals surface area contributed by atoms with Crippen molar-refractivity contribution in [3.8, 4) is 11.4 Å². The molecule has 0 aliphatic rings. The maximum absolute atomic E-state index is 11.2. The van der Waals surface area contributed by atoms with E-state index in [-0.39, 0.29) is 34.2 Å². The predicted octanol–water partition coefficient (Wildman–Crippen LogP) is 2.38. The molecule has 10 nitrogen and oxygen atoms in total. The molecule has 0 aliphatic heterocycles. The zero-order chi connectivity index (χ0) is 15.7. The van der Waals surface area contributed by atoms with Crippen LogP contribution in [0.4, 0.5) is 11.4 Å². The quantitative estimate of drug-likeness (QED) is 0.611. The molecule has 0 aromatic carbocycles. The van der Waals surface area contributed by atoms with Crippen LogP contribution in [0.5, 0.6) is 0 Å². The molecule has 21 heavy (non-hydrogen) atoms. The Bertz CT molecular complexity index is 717. The van der Waals surface area contributed by atoms with Gasteiger partial charge in [0.2, 0.25) is 11.5 Å². The largest absolute Gasteiger partial charge is 0.353 e. The van der Waals surface area contributed by atoms with Crippen LogP contribution >= 0.6 is 0 Å². The molecule has 0 unspecified atom stereocenters. The van der Waals surface area contributed by atoms with Gasteiger partial charge >= 0.3 is 11.4 Å². The molecule has 0 fully saturated rings. The van der Waals surface area contributed by atoms with E-state index >= 15 is 0 Å². The molecule has 0 saturated heterocycles. The molecular formula is C11H13N5O5. The van der Waals surface area contributed by atoms with Crippen molar-refractivity contribution in [2.75, 3.05) is 0 Å². The summed E-state index contributed by atoms with van der Waals surface area (Å²) in [7, 11) is 0. The minimum Gasteiger partial charge on any atom is -0.353 e. The number of aromatic nitrogens is 3. The van der Waals surface area contributed by atoms with Crippen molar-refractivity contribution in [1.29, 1.82) is 0 Å². The first-order valence-corrected chi connectivity index (χ1v) is 6.21. The highest BCUT2D eigenvalue weighted by molar-refractivity contribution is 5.76. The summed E-state index contributed by atoms with van der Waals surface area (Å²) in [6.07, 6.45) is 0.663. The molecule has 0 amide bonds. The van der Waals surface area contributed by atoms with E-state index in [1.165, 1.54) is 18.5 Å². The molecule has 10 heteroatoms. The molecule has 0 saturated carbocycles. The number of aryl methyl sites for hydroxylation is 3. The molecule has 0 bridgehead atoms. The second kappa shape index (κ2) is 5.31. The third kappa shape index (κ3) is 2.35. The molecule has 2 rings (SSSR count). The second-order valence-corrected chi connectivity index (χ2v) is 4.46. The van der Waals surface area contributed by atoms with E-state index in [2.05, 4.69) is 10.3 Å². The summed E-state index contributed by atoms with van der Waals surface area (Å²) < 4.78 is 6.19. The number of nitrogens with zero attached hydrogens (tertiary/aromatic N) is 5. The van der Waals surface area contributed by atoms with Crippen molar-refractivity contribution in [3.63, 3.8) is 0 Å². The number of hydrogen-bond acceptors (Lipinski definition) is 7. The fourth-order valence-electron chi connectivity index (χ4n) is 2.14. The molecule has 112 valence electrons. The lowest BCUT2D eigenvalue weighted by Gasteiger charge is -2.02. The number of rotatable bonds is 5. The molecular weight excluding hydrogens is 282 g/mol. The van der Waals surface area contributed by atoms with Crippen molar-refractivity contribution in [2.45, 2.75) is 33.7 Å². The van der Waals surface area contributed by atoms with Gasteiger partial charge in [-0.15, -0.1) is 0 Å². The van der Waals surface area contributed by atoms with Gasteiger partial charge in [0.1, 0.15) is 5.69 Å². The van der Waals surface area contributed by atoms with Crippen LogP contribution in [0, 0.1) is 34.1 Å². The second-order valence-electron chi connectivity index (χ2n) is 4.46. The maximum atomic E-state index is 11.2. The Balaban J connectivity index is 2.78. The van der Waals surface area contributed by atoms with Gasteiger partial charge in [-0.3, -0.25) is 24.9 Å². The van der Waals surface area contributed by atoms with Gasteiger partial charge in [0.05, 0.1) is 9.85 Å². The number of nitro groups is 2. The molecule has 0 radical (unpaired) electrons. The van der Waals surface area contributed by atoms with Crippen molar-refractivity contribution in [2.24, 2.45) is 0 Å². The summed E-state index contributed by atoms with van der Waals surface area (Å²) in [6.45, 7) is 5.11. The fraction of sp³-hybridized carbons (Fsp3) is 0.455. The van der Waals surface area contributed by atoms with Crippen LogP contribution in [0.25, 0.3) is 11.4 Å². The summed E-state index contributed by atoms with van der Waals surface area (Å²) in [4.78, 5) is 21.1. The van der Waals surface area contributed by atoms with Crippen molar-refractivity contribution in [1.82, 2.24) is 14.9 Å². The average Bonchev–Trinajstić information content (AvgIpc) is 2.90. The van der Waals surface area contributed by atoms with E-state index in [1.54, 1.807) is 0 Å². The van der Waals surface area contributed by atoms with Gasteiger partial charge in [-0.25, -0.2) is 0 Å². The SMILES string of the molecule is CCCn1nc(C)c([N+](=O)[O-])c1-c1noc(C)c1[N+](=O)[O-]. The van der Waals surface area contributed by atoms with Crippen LogP contribution in [-0.4, -0.2) is 24.8 Å². The van der Waals surface area contributed by atoms with Gasteiger partial charge < -0.3 is 4.52 Å². The zero-order valence-electron chi connectivity index (χ0n) is 11.7. The van der Waals surface area contributed by atoms with Crippen LogP contribution in [-0.2, 0) is 6.54 Å². The standard InChI is InChI=1S/C11H13N5O5/c1-4-5-14-11(9(15(17)18)6(2)12-14)8-10(16(19)20)7(3)21-13-8/h4-5H2,1-3H3. The highest BCUT2D eigenvalue weighted by Gasteiger charge is 2.35. The van der Waals surface area contributed by atoms with Crippen LogP contribution < -0.4 is 0 Å². The van der Waals surface area contributed by atoms with Gasteiger partial charge in [-0.1, -0.05) is 12.1 Å². The Labute approximate surface area is 118 Å². The van der Waals surface area contributed by atoms with Crippen LogP contribution in [0.15, 0.2) is 4.52 Å². The molecule has 2 heterocycles. The Kier molecular flexibility index (Phi) is 3.70. The molecule has 0 N–H and O–H groups in total. The third-order valence-electron chi connectivity index (χ3n) is 2.95. The first-order valence-electron chi connectivity index (χ1n) is 6.21. The van der Waals surface area contributed by atoms with E-state index < -0.39 is 9.85 Å². The highest BCUT2D eigenvalue weighted by Crippen LogP contribution is 2.38. The molecule has 2 aromatic heterocycles. The summed E-state index contributed by atoms with van der Waals surface area (Å²) in [5.74, 6) is -0.00815. The van der Waals surface area contributed by atoms with Gasteiger partial charge in [-0.05, 0) is 13.3 Å². The van der Waals surface area contributed by atoms with Crippen LogP contribution in [0.1, 0.15) is 24.8 Å². The van der Waals surface area contributed by atoms with E-state index in [4.69, 9.17) is 4.52 Å². The lowest BCUT2D eigenvalue weighted by molar-refractivity contribution is -0.387. The average molecular weight is 295 g/mol. The Morgan fingerprint density at radius 2 is 1.81 bits per heavy atom. The smallest absolute Gasteiger partial charge is 0.341 e. The minimum absolute atomic E-state index is 0.00269.